The smallest absolute Gasteiger partial charge is 0.123 e. The fraction of sp³-hybridized carbons (Fsp3) is 0.263. The first-order valence-corrected chi connectivity index (χ1v) is 7.40. The number of ether oxygens (including phenoxy) is 1. The van der Waals surface area contributed by atoms with Gasteiger partial charge in [-0.3, -0.25) is 0 Å². The van der Waals surface area contributed by atoms with Crippen molar-refractivity contribution in [1.29, 1.82) is 0 Å². The first kappa shape index (κ1) is 14.7. The van der Waals surface area contributed by atoms with Gasteiger partial charge in [-0.05, 0) is 39.0 Å². The van der Waals surface area contributed by atoms with Crippen molar-refractivity contribution in [3.63, 3.8) is 0 Å². The van der Waals surface area contributed by atoms with Gasteiger partial charge in [-0.25, -0.2) is 0 Å². The SMILES string of the molecule is COc1cccc(-n2cc(C(C)(C)O)c3ccccc32)c1C. The third-order valence-corrected chi connectivity index (χ3v) is 4.11. The van der Waals surface area contributed by atoms with Crippen LogP contribution in [0.5, 0.6) is 5.75 Å². The van der Waals surface area contributed by atoms with Crippen LogP contribution < -0.4 is 4.74 Å². The average Bonchev–Trinajstić information content (AvgIpc) is 2.87. The molecule has 0 saturated carbocycles. The van der Waals surface area contributed by atoms with Gasteiger partial charge in [0.15, 0.2) is 0 Å². The van der Waals surface area contributed by atoms with Crippen LogP contribution in [0.15, 0.2) is 48.7 Å². The summed E-state index contributed by atoms with van der Waals surface area (Å²) in [4.78, 5) is 0. The van der Waals surface area contributed by atoms with Gasteiger partial charge in [0.25, 0.3) is 0 Å². The Morgan fingerprint density at radius 1 is 1.05 bits per heavy atom. The predicted octanol–water partition coefficient (Wildman–Crippen LogP) is 4.17. The molecule has 0 radical (unpaired) electrons. The first-order chi connectivity index (χ1) is 10.4. The van der Waals surface area contributed by atoms with Crippen molar-refractivity contribution in [2.24, 2.45) is 0 Å². The molecule has 3 nitrogen and oxygen atoms in total. The lowest BCUT2D eigenvalue weighted by atomic mass is 9.98. The fourth-order valence-corrected chi connectivity index (χ4v) is 2.95. The molecule has 0 unspecified atom stereocenters. The average molecular weight is 295 g/mol. The molecule has 114 valence electrons. The lowest BCUT2D eigenvalue weighted by Crippen LogP contribution is -2.14. The van der Waals surface area contributed by atoms with E-state index >= 15 is 0 Å². The van der Waals surface area contributed by atoms with Crippen LogP contribution in [0.1, 0.15) is 25.0 Å². The number of benzene rings is 2. The van der Waals surface area contributed by atoms with Gasteiger partial charge in [0.05, 0.1) is 23.9 Å². The highest BCUT2D eigenvalue weighted by Crippen LogP contribution is 2.34. The number of methoxy groups -OCH3 is 1. The normalized spacial score (nSPS) is 11.9. The van der Waals surface area contributed by atoms with E-state index in [1.807, 2.05) is 51.2 Å². The second kappa shape index (κ2) is 5.18. The summed E-state index contributed by atoms with van der Waals surface area (Å²) < 4.78 is 7.56. The molecule has 1 N–H and O–H groups in total. The van der Waals surface area contributed by atoms with Crippen molar-refractivity contribution >= 4 is 10.9 Å². The number of nitrogens with zero attached hydrogens (tertiary/aromatic N) is 1. The number of hydrogen-bond donors (Lipinski definition) is 1. The van der Waals surface area contributed by atoms with Gasteiger partial charge in [-0.1, -0.05) is 24.3 Å². The molecule has 0 bridgehead atoms. The van der Waals surface area contributed by atoms with E-state index in [-0.39, 0.29) is 0 Å². The first-order valence-electron chi connectivity index (χ1n) is 7.40. The van der Waals surface area contributed by atoms with Crippen molar-refractivity contribution in [3.05, 3.63) is 59.8 Å². The summed E-state index contributed by atoms with van der Waals surface area (Å²) in [6.45, 7) is 5.68. The molecule has 0 aliphatic heterocycles. The summed E-state index contributed by atoms with van der Waals surface area (Å²) in [5.41, 5.74) is 3.25. The van der Waals surface area contributed by atoms with E-state index in [0.29, 0.717) is 0 Å². The Balaban J connectivity index is 2.33. The number of para-hydroxylation sites is 1. The van der Waals surface area contributed by atoms with E-state index in [2.05, 4.69) is 22.8 Å². The van der Waals surface area contributed by atoms with Crippen LogP contribution in [0.25, 0.3) is 16.6 Å². The number of aromatic nitrogens is 1. The molecule has 1 aromatic heterocycles. The second-order valence-electron chi connectivity index (χ2n) is 6.09. The molecule has 3 aromatic rings. The molecule has 3 rings (SSSR count). The van der Waals surface area contributed by atoms with Crippen molar-refractivity contribution < 1.29 is 9.84 Å². The van der Waals surface area contributed by atoms with E-state index in [9.17, 15) is 5.11 Å². The molecule has 3 heteroatoms. The van der Waals surface area contributed by atoms with Crippen LogP contribution in [-0.4, -0.2) is 16.8 Å². The minimum absolute atomic E-state index is 0.861. The van der Waals surface area contributed by atoms with Gasteiger partial charge in [-0.2, -0.15) is 0 Å². The summed E-state index contributed by atoms with van der Waals surface area (Å²) in [7, 11) is 1.68. The molecule has 2 aromatic carbocycles. The maximum absolute atomic E-state index is 10.5. The molecule has 0 atom stereocenters. The molecular formula is C19H21NO2. The van der Waals surface area contributed by atoms with Gasteiger partial charge in [0.1, 0.15) is 5.75 Å². The molecule has 0 amide bonds. The van der Waals surface area contributed by atoms with E-state index in [1.165, 1.54) is 0 Å². The van der Waals surface area contributed by atoms with E-state index in [0.717, 1.165) is 33.5 Å². The standard InChI is InChI=1S/C19H21NO2/c1-13-16(10-7-11-18(13)22-4)20-12-15(19(2,3)21)14-8-5-6-9-17(14)20/h5-12,21H,1-4H3. The summed E-state index contributed by atoms with van der Waals surface area (Å²) >= 11 is 0. The second-order valence-corrected chi connectivity index (χ2v) is 6.09. The molecule has 0 fully saturated rings. The Labute approximate surface area is 130 Å². The third-order valence-electron chi connectivity index (χ3n) is 4.11. The van der Waals surface area contributed by atoms with E-state index in [1.54, 1.807) is 7.11 Å². The van der Waals surface area contributed by atoms with Gasteiger partial charge in [0.2, 0.25) is 0 Å². The largest absolute Gasteiger partial charge is 0.496 e. The summed E-state index contributed by atoms with van der Waals surface area (Å²) in [6, 6.07) is 14.2. The predicted molar refractivity (Wildman–Crippen MR) is 89.8 cm³/mol. The van der Waals surface area contributed by atoms with Crippen LogP contribution >= 0.6 is 0 Å². The Bertz CT molecular complexity index is 825. The highest BCUT2D eigenvalue weighted by molar-refractivity contribution is 5.86. The molecule has 0 aliphatic carbocycles. The Kier molecular flexibility index (Phi) is 3.45. The number of fused-ring (bicyclic) bond motifs is 1. The van der Waals surface area contributed by atoms with Gasteiger partial charge in [0, 0.05) is 22.7 Å². The monoisotopic (exact) mass is 295 g/mol. The van der Waals surface area contributed by atoms with Crippen LogP contribution in [0.4, 0.5) is 0 Å². The Morgan fingerprint density at radius 3 is 2.45 bits per heavy atom. The summed E-state index contributed by atoms with van der Waals surface area (Å²) in [5.74, 6) is 0.861. The minimum atomic E-state index is -0.891. The van der Waals surface area contributed by atoms with E-state index < -0.39 is 5.60 Å². The highest BCUT2D eigenvalue weighted by atomic mass is 16.5. The number of rotatable bonds is 3. The summed E-state index contributed by atoms with van der Waals surface area (Å²) in [6.07, 6.45) is 2.02. The van der Waals surface area contributed by atoms with Gasteiger partial charge in [-0.15, -0.1) is 0 Å². The lowest BCUT2D eigenvalue weighted by Gasteiger charge is -2.16. The van der Waals surface area contributed by atoms with Crippen LogP contribution in [0.3, 0.4) is 0 Å². The molecule has 0 aliphatic rings. The van der Waals surface area contributed by atoms with Crippen LogP contribution in [0.2, 0.25) is 0 Å². The highest BCUT2D eigenvalue weighted by Gasteiger charge is 2.23. The van der Waals surface area contributed by atoms with Crippen molar-refractivity contribution in [3.8, 4) is 11.4 Å². The zero-order valence-corrected chi connectivity index (χ0v) is 13.4. The maximum Gasteiger partial charge on any atom is 0.123 e. The van der Waals surface area contributed by atoms with Crippen LogP contribution in [0, 0.1) is 6.92 Å². The van der Waals surface area contributed by atoms with Gasteiger partial charge >= 0.3 is 0 Å². The van der Waals surface area contributed by atoms with Gasteiger partial charge < -0.3 is 14.4 Å². The third kappa shape index (κ3) is 2.28. The zero-order chi connectivity index (χ0) is 15.9. The molecule has 0 spiro atoms. The Hall–Kier alpha value is -2.26. The fourth-order valence-electron chi connectivity index (χ4n) is 2.95. The van der Waals surface area contributed by atoms with E-state index in [4.69, 9.17) is 4.74 Å². The number of aliphatic hydroxyl groups is 1. The number of hydrogen-bond acceptors (Lipinski definition) is 2. The Morgan fingerprint density at radius 2 is 1.77 bits per heavy atom. The maximum atomic E-state index is 10.5. The topological polar surface area (TPSA) is 34.4 Å². The lowest BCUT2D eigenvalue weighted by molar-refractivity contribution is 0.0801. The zero-order valence-electron chi connectivity index (χ0n) is 13.4. The minimum Gasteiger partial charge on any atom is -0.496 e. The van der Waals surface area contributed by atoms with Crippen molar-refractivity contribution in [2.75, 3.05) is 7.11 Å². The quantitative estimate of drug-likeness (QED) is 0.786. The molecule has 22 heavy (non-hydrogen) atoms. The summed E-state index contributed by atoms with van der Waals surface area (Å²) in [5, 5.41) is 11.5. The molecule has 1 heterocycles. The van der Waals surface area contributed by atoms with Crippen molar-refractivity contribution in [1.82, 2.24) is 4.57 Å². The molecular weight excluding hydrogens is 274 g/mol. The van der Waals surface area contributed by atoms with Crippen molar-refractivity contribution in [2.45, 2.75) is 26.4 Å². The van der Waals surface area contributed by atoms with Crippen LogP contribution in [-0.2, 0) is 5.60 Å². The molecule has 0 saturated heterocycles.